The number of nitrogens with one attached hydrogen (secondary N) is 2. The zero-order valence-corrected chi connectivity index (χ0v) is 23.2. The monoisotopic (exact) mass is 574 g/mol. The molecule has 3 N–H and O–H groups in total. The molecule has 216 valence electrons. The van der Waals surface area contributed by atoms with Gasteiger partial charge in [0.2, 0.25) is 17.8 Å². The number of nitrogens with zero attached hydrogens (tertiary/aromatic N) is 6. The predicted octanol–water partition coefficient (Wildman–Crippen LogP) is 5.08. The first-order chi connectivity index (χ1) is 21.1. The minimum Gasteiger partial charge on any atom is -0.595 e. The summed E-state index contributed by atoms with van der Waals surface area (Å²) in [5, 5.41) is 22.6. The van der Waals surface area contributed by atoms with Crippen molar-refractivity contribution >= 4 is 52.5 Å². The molecule has 0 amide bonds. The lowest BCUT2D eigenvalue weighted by molar-refractivity contribution is -0.991. The third-order valence-corrected chi connectivity index (χ3v) is 6.76. The fourth-order valence-electron chi connectivity index (χ4n) is 4.60. The molecule has 0 bridgehead atoms. The number of para-hydroxylation sites is 2. The summed E-state index contributed by atoms with van der Waals surface area (Å²) in [5.74, 6) is 1.44. The van der Waals surface area contributed by atoms with E-state index in [4.69, 9.17) is 24.9 Å². The van der Waals surface area contributed by atoms with Crippen molar-refractivity contribution in [3.8, 4) is 0 Å². The van der Waals surface area contributed by atoms with Gasteiger partial charge in [0.15, 0.2) is 5.69 Å². The third-order valence-electron chi connectivity index (χ3n) is 6.76. The van der Waals surface area contributed by atoms with Gasteiger partial charge in [-0.1, -0.05) is 42.5 Å². The highest BCUT2D eigenvalue weighted by atomic mass is 16.8. The molecule has 0 aliphatic carbocycles. The van der Waals surface area contributed by atoms with E-state index in [1.54, 1.807) is 30.5 Å². The van der Waals surface area contributed by atoms with Crippen molar-refractivity contribution < 1.29 is 15.2 Å². The first-order valence-corrected chi connectivity index (χ1v) is 13.9. The molecule has 5 aromatic rings. The second kappa shape index (κ2) is 13.2. The fraction of sp³-hybridized carbons (Fsp3) is 0.125. The Morgan fingerprint density at radius 2 is 1.51 bits per heavy atom. The number of aliphatic imine (C=N–C) groups is 1. The first-order valence-electron chi connectivity index (χ1n) is 13.9. The number of hydrogen-bond donors (Lipinski definition) is 3. The maximum Gasteiger partial charge on any atom is 0.241 e. The summed E-state index contributed by atoms with van der Waals surface area (Å²) >= 11 is 0. The lowest BCUT2D eigenvalue weighted by Crippen LogP contribution is -2.99. The number of rotatable bonds is 9. The second-order valence-electron chi connectivity index (χ2n) is 9.73. The standard InChI is InChI=1S/C32H30N8O3/c41-40(42)29-16-14-24(15-17-29)23-33-25-8-7-9-26(22-25)34-30-35-31(38-18-20-43-21-19-38)37-32(36-30)39(27-10-3-1-4-11-27)28-12-5-2-6-13-28/h1-17,22-23,40-41H,18-21H2,(H,34,35,36,37). The highest BCUT2D eigenvalue weighted by Crippen LogP contribution is 2.33. The first kappa shape index (κ1) is 27.9. The van der Waals surface area contributed by atoms with Crippen LogP contribution in [0, 0.1) is 5.21 Å². The smallest absolute Gasteiger partial charge is 0.241 e. The number of morpholine rings is 1. The molecule has 1 aliphatic heterocycles. The number of ether oxygens (including phenoxy) is 1. The lowest BCUT2D eigenvalue weighted by Gasteiger charge is -2.29. The number of hydrogen-bond acceptors (Lipinski definition) is 10. The number of benzene rings is 4. The van der Waals surface area contributed by atoms with E-state index >= 15 is 0 Å². The van der Waals surface area contributed by atoms with Crippen LogP contribution in [0.25, 0.3) is 0 Å². The normalized spacial score (nSPS) is 14.0. The van der Waals surface area contributed by atoms with Crippen LogP contribution in [0.5, 0.6) is 0 Å². The summed E-state index contributed by atoms with van der Waals surface area (Å²) < 4.78 is 5.57. The number of quaternary nitrogens is 1. The summed E-state index contributed by atoms with van der Waals surface area (Å²) in [4.78, 5) is 23.3. The Bertz CT molecular complexity index is 1620. The topological polar surface area (TPSA) is 126 Å². The predicted molar refractivity (Wildman–Crippen MR) is 167 cm³/mol. The molecule has 0 saturated carbocycles. The molecule has 1 aliphatic rings. The molecule has 0 spiro atoms. The van der Waals surface area contributed by atoms with Crippen LogP contribution >= 0.6 is 0 Å². The van der Waals surface area contributed by atoms with Crippen LogP contribution in [-0.2, 0) is 4.74 Å². The van der Waals surface area contributed by atoms with Crippen LogP contribution in [-0.4, -0.2) is 52.7 Å². The molecular formula is C32H30N8O3. The maximum atomic E-state index is 11.1. The van der Waals surface area contributed by atoms with E-state index in [-0.39, 0.29) is 5.69 Å². The van der Waals surface area contributed by atoms with Crippen molar-refractivity contribution in [1.29, 1.82) is 0 Å². The fourth-order valence-corrected chi connectivity index (χ4v) is 4.60. The highest BCUT2D eigenvalue weighted by molar-refractivity contribution is 5.82. The van der Waals surface area contributed by atoms with Crippen molar-refractivity contribution in [2.75, 3.05) is 41.4 Å². The largest absolute Gasteiger partial charge is 0.595 e. The zero-order valence-electron chi connectivity index (χ0n) is 23.2. The van der Waals surface area contributed by atoms with Crippen molar-refractivity contribution in [2.24, 2.45) is 4.99 Å². The highest BCUT2D eigenvalue weighted by Gasteiger charge is 2.21. The van der Waals surface area contributed by atoms with Gasteiger partial charge in [0.25, 0.3) is 0 Å². The van der Waals surface area contributed by atoms with Gasteiger partial charge in [-0.05, 0) is 60.2 Å². The molecule has 1 atom stereocenters. The average molecular weight is 575 g/mol. The molecule has 11 heteroatoms. The van der Waals surface area contributed by atoms with Crippen molar-refractivity contribution in [2.45, 2.75) is 0 Å². The van der Waals surface area contributed by atoms with E-state index < -0.39 is 5.23 Å². The molecule has 4 aromatic carbocycles. The molecule has 0 radical (unpaired) electrons. The molecule has 1 fully saturated rings. The van der Waals surface area contributed by atoms with E-state index in [0.29, 0.717) is 49.8 Å². The van der Waals surface area contributed by atoms with Gasteiger partial charge in [0.1, 0.15) is 0 Å². The van der Waals surface area contributed by atoms with E-state index in [9.17, 15) is 5.21 Å². The summed E-state index contributed by atoms with van der Waals surface area (Å²) in [6.45, 7) is 2.56. The van der Waals surface area contributed by atoms with Crippen LogP contribution in [0.1, 0.15) is 5.56 Å². The quantitative estimate of drug-likeness (QED) is 0.163. The maximum absolute atomic E-state index is 11.1. The minimum absolute atomic E-state index is 0.231. The van der Waals surface area contributed by atoms with E-state index in [2.05, 4.69) is 15.2 Å². The van der Waals surface area contributed by atoms with Gasteiger partial charge in [-0.25, -0.2) is 5.21 Å². The molecule has 2 heterocycles. The van der Waals surface area contributed by atoms with Gasteiger partial charge in [-0.3, -0.25) is 9.89 Å². The summed E-state index contributed by atoms with van der Waals surface area (Å²) in [6.07, 6.45) is 1.69. The molecule has 43 heavy (non-hydrogen) atoms. The Morgan fingerprint density at radius 3 is 2.16 bits per heavy atom. The van der Waals surface area contributed by atoms with E-state index in [1.807, 2.05) is 89.8 Å². The Balaban J connectivity index is 1.33. The molecule has 1 unspecified atom stereocenters. The van der Waals surface area contributed by atoms with Gasteiger partial charge in [0.05, 0.1) is 18.9 Å². The summed E-state index contributed by atoms with van der Waals surface area (Å²) in [5.41, 5.74) is 4.34. The molecule has 1 aromatic heterocycles. The van der Waals surface area contributed by atoms with E-state index in [1.165, 1.54) is 0 Å². The van der Waals surface area contributed by atoms with Crippen molar-refractivity contribution in [3.05, 3.63) is 120 Å². The van der Waals surface area contributed by atoms with Crippen LogP contribution < -0.4 is 20.3 Å². The van der Waals surface area contributed by atoms with Crippen molar-refractivity contribution in [1.82, 2.24) is 15.0 Å². The second-order valence-corrected chi connectivity index (χ2v) is 9.73. The Hall–Kier alpha value is -5.20. The molecule has 1 saturated heterocycles. The molecule has 6 rings (SSSR count). The van der Waals surface area contributed by atoms with Crippen molar-refractivity contribution in [3.63, 3.8) is 0 Å². The van der Waals surface area contributed by atoms with Gasteiger partial charge < -0.3 is 20.2 Å². The van der Waals surface area contributed by atoms with Crippen LogP contribution in [0.15, 0.2) is 114 Å². The van der Waals surface area contributed by atoms with Gasteiger partial charge in [-0.15, -0.1) is 0 Å². The Kier molecular flexibility index (Phi) is 8.57. The van der Waals surface area contributed by atoms with Gasteiger partial charge in [-0.2, -0.15) is 20.2 Å². The van der Waals surface area contributed by atoms with Crippen LogP contribution in [0.2, 0.25) is 0 Å². The number of aromatic nitrogens is 3. The molecular weight excluding hydrogens is 544 g/mol. The van der Waals surface area contributed by atoms with Crippen LogP contribution in [0.3, 0.4) is 0 Å². The SMILES string of the molecule is [O-][NH+](O)c1ccc(C=Nc2cccc(Nc3nc(N4CCOCC4)nc(N(c4ccccc4)c4ccccc4)n3)c2)cc1. The minimum atomic E-state index is -0.962. The Morgan fingerprint density at radius 1 is 0.837 bits per heavy atom. The summed E-state index contributed by atoms with van der Waals surface area (Å²) in [6, 6.07) is 34.2. The Labute approximate surface area is 248 Å². The van der Waals surface area contributed by atoms with E-state index in [0.717, 1.165) is 22.6 Å². The lowest BCUT2D eigenvalue weighted by atomic mass is 10.2. The summed E-state index contributed by atoms with van der Waals surface area (Å²) in [7, 11) is 0. The van der Waals surface area contributed by atoms with Gasteiger partial charge in [0, 0.05) is 48.5 Å². The zero-order chi connectivity index (χ0) is 29.4. The average Bonchev–Trinajstić information content (AvgIpc) is 3.06. The third kappa shape index (κ3) is 7.00. The van der Waals surface area contributed by atoms with Crippen LogP contribution in [0.4, 0.5) is 46.3 Å². The number of anilines is 6. The van der Waals surface area contributed by atoms with Gasteiger partial charge >= 0.3 is 0 Å². The molecule has 11 nitrogen and oxygen atoms in total.